The molecule has 2 aliphatic rings. The lowest BCUT2D eigenvalue weighted by Crippen LogP contribution is -2.41. The molecule has 180 valence electrons. The van der Waals surface area contributed by atoms with Crippen LogP contribution in [0.2, 0.25) is 0 Å². The summed E-state index contributed by atoms with van der Waals surface area (Å²) in [7, 11) is 0. The molecular formula is C25H26N6O4. The van der Waals surface area contributed by atoms with Crippen molar-refractivity contribution in [2.24, 2.45) is 0 Å². The van der Waals surface area contributed by atoms with Gasteiger partial charge in [0.2, 0.25) is 5.91 Å². The summed E-state index contributed by atoms with van der Waals surface area (Å²) in [5, 5.41) is 5.72. The molecule has 1 aliphatic heterocycles. The highest BCUT2D eigenvalue weighted by molar-refractivity contribution is 6.05. The van der Waals surface area contributed by atoms with Crippen molar-refractivity contribution in [1.29, 1.82) is 0 Å². The molecule has 0 spiro atoms. The first-order valence-electron chi connectivity index (χ1n) is 11.6. The van der Waals surface area contributed by atoms with Crippen molar-refractivity contribution >= 4 is 23.3 Å². The van der Waals surface area contributed by atoms with Gasteiger partial charge >= 0.3 is 0 Å². The minimum absolute atomic E-state index is 0.155. The molecule has 2 aromatic heterocycles. The molecule has 0 radical (unpaired) electrons. The number of anilines is 2. The number of hydrogen-bond donors (Lipinski definition) is 2. The van der Waals surface area contributed by atoms with Crippen LogP contribution in [0.3, 0.4) is 0 Å². The predicted octanol–water partition coefficient (Wildman–Crippen LogP) is 2.60. The molecule has 3 aromatic rings. The second-order valence-electron chi connectivity index (χ2n) is 8.48. The Morgan fingerprint density at radius 1 is 1.00 bits per heavy atom. The Morgan fingerprint density at radius 3 is 2.51 bits per heavy atom. The Kier molecular flexibility index (Phi) is 6.92. The molecule has 1 saturated carbocycles. The van der Waals surface area contributed by atoms with Gasteiger partial charge in [-0.05, 0) is 43.2 Å². The second kappa shape index (κ2) is 10.6. The van der Waals surface area contributed by atoms with Crippen LogP contribution in [0.1, 0.15) is 23.2 Å². The zero-order chi connectivity index (χ0) is 24.0. The van der Waals surface area contributed by atoms with Crippen molar-refractivity contribution in [3.8, 4) is 16.9 Å². The maximum atomic E-state index is 12.9. The summed E-state index contributed by atoms with van der Waals surface area (Å²) in [6, 6.07) is 8.60. The molecule has 0 bridgehead atoms. The lowest BCUT2D eigenvalue weighted by molar-refractivity contribution is -0.118. The van der Waals surface area contributed by atoms with Crippen LogP contribution in [0, 0.1) is 0 Å². The van der Waals surface area contributed by atoms with Gasteiger partial charge in [0, 0.05) is 48.4 Å². The third-order valence-electron chi connectivity index (χ3n) is 5.70. The quantitative estimate of drug-likeness (QED) is 0.512. The molecule has 1 aliphatic carbocycles. The van der Waals surface area contributed by atoms with E-state index in [9.17, 15) is 9.59 Å². The number of nitrogens with one attached hydrogen (secondary N) is 2. The number of amides is 2. The van der Waals surface area contributed by atoms with Gasteiger partial charge < -0.3 is 20.1 Å². The van der Waals surface area contributed by atoms with E-state index in [2.05, 4.69) is 25.6 Å². The molecule has 5 rings (SSSR count). The van der Waals surface area contributed by atoms with E-state index >= 15 is 0 Å². The number of morpholine rings is 1. The molecule has 3 heterocycles. The molecule has 35 heavy (non-hydrogen) atoms. The summed E-state index contributed by atoms with van der Waals surface area (Å²) < 4.78 is 11.3. The molecule has 2 amide bonds. The van der Waals surface area contributed by atoms with E-state index in [1.165, 1.54) is 6.33 Å². The van der Waals surface area contributed by atoms with Crippen molar-refractivity contribution in [1.82, 2.24) is 19.9 Å². The number of benzene rings is 1. The molecule has 10 heteroatoms. The van der Waals surface area contributed by atoms with E-state index in [1.54, 1.807) is 42.9 Å². The molecule has 10 nitrogen and oxygen atoms in total. The van der Waals surface area contributed by atoms with Crippen LogP contribution in [0.25, 0.3) is 11.1 Å². The highest BCUT2D eigenvalue weighted by Gasteiger charge is 2.25. The lowest BCUT2D eigenvalue weighted by atomic mass is 10.1. The molecule has 1 saturated heterocycles. The third kappa shape index (κ3) is 6.17. The molecule has 2 N–H and O–H groups in total. The van der Waals surface area contributed by atoms with Crippen molar-refractivity contribution in [3.05, 3.63) is 60.8 Å². The zero-order valence-electron chi connectivity index (χ0n) is 19.1. The van der Waals surface area contributed by atoms with Crippen molar-refractivity contribution in [2.75, 3.05) is 43.5 Å². The summed E-state index contributed by atoms with van der Waals surface area (Å²) in [5.74, 6) is 0.473. The number of carbonyl (C=O) groups excluding carboxylic acids is 2. The van der Waals surface area contributed by atoms with Crippen molar-refractivity contribution in [3.63, 3.8) is 0 Å². The number of aromatic nitrogens is 3. The van der Waals surface area contributed by atoms with Gasteiger partial charge in [-0.1, -0.05) is 0 Å². The van der Waals surface area contributed by atoms with Crippen LogP contribution in [-0.2, 0) is 9.53 Å². The van der Waals surface area contributed by atoms with Gasteiger partial charge in [0.15, 0.2) is 0 Å². The lowest BCUT2D eigenvalue weighted by Gasteiger charge is -2.26. The number of nitrogens with zero attached hydrogens (tertiary/aromatic N) is 4. The second-order valence-corrected chi connectivity index (χ2v) is 8.48. The third-order valence-corrected chi connectivity index (χ3v) is 5.70. The monoisotopic (exact) mass is 474 g/mol. The van der Waals surface area contributed by atoms with Gasteiger partial charge in [0.25, 0.3) is 5.91 Å². The summed E-state index contributed by atoms with van der Waals surface area (Å²) in [6.45, 7) is 2.92. The molecular weight excluding hydrogens is 448 g/mol. The first-order valence-corrected chi connectivity index (χ1v) is 11.6. The zero-order valence-corrected chi connectivity index (χ0v) is 19.1. The predicted molar refractivity (Wildman–Crippen MR) is 129 cm³/mol. The smallest absolute Gasteiger partial charge is 0.256 e. The maximum absolute atomic E-state index is 12.9. The van der Waals surface area contributed by atoms with Crippen LogP contribution < -0.4 is 15.4 Å². The summed E-state index contributed by atoms with van der Waals surface area (Å²) in [5.41, 5.74) is 2.55. The fourth-order valence-electron chi connectivity index (χ4n) is 3.66. The first-order chi connectivity index (χ1) is 17.1. The number of pyridine rings is 1. The molecule has 0 atom stereocenters. The normalized spacial score (nSPS) is 15.9. The van der Waals surface area contributed by atoms with Crippen LogP contribution in [0.4, 0.5) is 11.5 Å². The summed E-state index contributed by atoms with van der Waals surface area (Å²) in [4.78, 5) is 40.0. The van der Waals surface area contributed by atoms with E-state index in [-0.39, 0.29) is 24.5 Å². The van der Waals surface area contributed by atoms with Crippen LogP contribution in [0.15, 0.2) is 55.2 Å². The highest BCUT2D eigenvalue weighted by Crippen LogP contribution is 2.33. The fraction of sp³-hybridized carbons (Fsp3) is 0.320. The van der Waals surface area contributed by atoms with E-state index in [0.29, 0.717) is 49.1 Å². The minimum Gasteiger partial charge on any atom is -0.488 e. The fourth-order valence-corrected chi connectivity index (χ4v) is 3.66. The molecule has 1 aromatic carbocycles. The maximum Gasteiger partial charge on any atom is 0.256 e. The van der Waals surface area contributed by atoms with E-state index in [0.717, 1.165) is 24.0 Å². The van der Waals surface area contributed by atoms with Crippen LogP contribution in [0.5, 0.6) is 5.75 Å². The Balaban J connectivity index is 1.27. The first kappa shape index (κ1) is 22.9. The van der Waals surface area contributed by atoms with Crippen LogP contribution in [-0.4, -0.2) is 70.6 Å². The summed E-state index contributed by atoms with van der Waals surface area (Å²) in [6.07, 6.45) is 8.64. The van der Waals surface area contributed by atoms with Crippen molar-refractivity contribution in [2.45, 2.75) is 18.9 Å². The summed E-state index contributed by atoms with van der Waals surface area (Å²) >= 11 is 0. The van der Waals surface area contributed by atoms with Gasteiger partial charge in [-0.15, -0.1) is 0 Å². The van der Waals surface area contributed by atoms with Gasteiger partial charge in [0.05, 0.1) is 31.5 Å². The Hall–Kier alpha value is -3.89. The highest BCUT2D eigenvalue weighted by atomic mass is 16.5. The molecule has 0 unspecified atom stereocenters. The average molecular weight is 475 g/mol. The van der Waals surface area contributed by atoms with Crippen LogP contribution >= 0.6 is 0 Å². The van der Waals surface area contributed by atoms with Gasteiger partial charge in [-0.3, -0.25) is 14.5 Å². The van der Waals surface area contributed by atoms with E-state index in [4.69, 9.17) is 9.47 Å². The number of ether oxygens (including phenoxy) is 2. The SMILES string of the molecule is O=C(CN1CCOCC1)Nc1cc(C(=O)Nc2ccc(-c3cncnc3)cn2)ccc1OC1CC1. The topological polar surface area (TPSA) is 119 Å². The average Bonchev–Trinajstić information content (AvgIpc) is 3.71. The Morgan fingerprint density at radius 2 is 1.80 bits per heavy atom. The standard InChI is InChI=1S/C25H26N6O4/c32-24(15-31-7-9-34-10-8-31)29-21-11-17(1-5-22(21)35-20-3-4-20)25(33)30-23-6-2-18(14-28-23)19-12-26-16-27-13-19/h1-2,5-6,11-14,16,20H,3-4,7-10,15H2,(H,29,32)(H,28,30,33). The number of carbonyl (C=O) groups is 2. The molecule has 2 fully saturated rings. The van der Waals surface area contributed by atoms with Gasteiger partial charge in [-0.2, -0.15) is 0 Å². The van der Waals surface area contributed by atoms with Crippen molar-refractivity contribution < 1.29 is 19.1 Å². The number of hydrogen-bond acceptors (Lipinski definition) is 8. The Bertz CT molecular complexity index is 1180. The van der Waals surface area contributed by atoms with E-state index in [1.807, 2.05) is 11.0 Å². The van der Waals surface area contributed by atoms with Gasteiger partial charge in [0.1, 0.15) is 17.9 Å². The van der Waals surface area contributed by atoms with Gasteiger partial charge in [-0.25, -0.2) is 15.0 Å². The van der Waals surface area contributed by atoms with E-state index < -0.39 is 0 Å². The Labute approximate surface area is 202 Å². The minimum atomic E-state index is -0.338. The number of rotatable bonds is 8. The largest absolute Gasteiger partial charge is 0.488 e.